The van der Waals surface area contributed by atoms with Crippen LogP contribution in [0.25, 0.3) is 22.4 Å². The Kier molecular flexibility index (Phi) is 2.75. The summed E-state index contributed by atoms with van der Waals surface area (Å²) in [6.45, 7) is 2.60. The van der Waals surface area contributed by atoms with Gasteiger partial charge >= 0.3 is 0 Å². The number of fused-ring (bicyclic) bond motifs is 1. The summed E-state index contributed by atoms with van der Waals surface area (Å²) >= 11 is 0. The molecule has 0 unspecified atom stereocenters. The number of aromatic amines is 1. The number of hydrogen-bond donors (Lipinski definition) is 2. The smallest absolute Gasteiger partial charge is 0.222 e. The van der Waals surface area contributed by atoms with Crippen molar-refractivity contribution < 1.29 is 4.74 Å². The molecule has 0 aliphatic heterocycles. The molecule has 0 spiro atoms. The Labute approximate surface area is 109 Å². The summed E-state index contributed by atoms with van der Waals surface area (Å²) in [6, 6.07) is 7.68. The highest BCUT2D eigenvalue weighted by Gasteiger charge is 2.10. The average molecular weight is 255 g/mol. The molecule has 6 heteroatoms. The van der Waals surface area contributed by atoms with Gasteiger partial charge in [0, 0.05) is 5.56 Å². The molecule has 0 bridgehead atoms. The molecule has 3 aromatic rings. The quantitative estimate of drug-likeness (QED) is 0.747. The summed E-state index contributed by atoms with van der Waals surface area (Å²) in [5, 5.41) is 0. The molecule has 3 N–H and O–H groups in total. The van der Waals surface area contributed by atoms with Crippen molar-refractivity contribution in [2.75, 3.05) is 12.3 Å². The van der Waals surface area contributed by atoms with Crippen LogP contribution in [0.1, 0.15) is 6.92 Å². The lowest BCUT2D eigenvalue weighted by Gasteiger charge is -2.06. The van der Waals surface area contributed by atoms with Gasteiger partial charge < -0.3 is 15.5 Å². The molecular weight excluding hydrogens is 242 g/mol. The summed E-state index contributed by atoms with van der Waals surface area (Å²) in [7, 11) is 0. The first-order valence-electron chi connectivity index (χ1n) is 5.97. The number of nitrogen functional groups attached to an aromatic ring is 1. The van der Waals surface area contributed by atoms with Gasteiger partial charge in [-0.3, -0.25) is 0 Å². The van der Waals surface area contributed by atoms with Crippen LogP contribution in [0.4, 0.5) is 5.95 Å². The first kappa shape index (κ1) is 11.5. The Morgan fingerprint density at radius 2 is 2.00 bits per heavy atom. The molecule has 0 aliphatic rings. The zero-order valence-electron chi connectivity index (χ0n) is 10.4. The molecule has 2 heterocycles. The molecule has 1 aromatic carbocycles. The van der Waals surface area contributed by atoms with Gasteiger partial charge in [0.25, 0.3) is 0 Å². The third-order valence-electron chi connectivity index (χ3n) is 2.74. The van der Waals surface area contributed by atoms with Gasteiger partial charge in [0.1, 0.15) is 17.0 Å². The molecule has 0 amide bonds. The lowest BCUT2D eigenvalue weighted by molar-refractivity contribution is 0.340. The average Bonchev–Trinajstić information content (AvgIpc) is 2.87. The predicted molar refractivity (Wildman–Crippen MR) is 72.7 cm³/mol. The maximum absolute atomic E-state index is 5.70. The number of H-pyrrole nitrogens is 1. The van der Waals surface area contributed by atoms with E-state index in [9.17, 15) is 0 Å². The molecule has 19 heavy (non-hydrogen) atoms. The first-order valence-corrected chi connectivity index (χ1v) is 5.97. The lowest BCUT2D eigenvalue weighted by atomic mass is 10.1. The number of ether oxygens (including phenoxy) is 1. The van der Waals surface area contributed by atoms with Gasteiger partial charge in [-0.15, -0.1) is 0 Å². The summed E-state index contributed by atoms with van der Waals surface area (Å²) < 4.78 is 5.42. The second kappa shape index (κ2) is 4.56. The number of hydrogen-bond acceptors (Lipinski definition) is 5. The van der Waals surface area contributed by atoms with Gasteiger partial charge in [-0.1, -0.05) is 0 Å². The number of aromatic nitrogens is 4. The minimum absolute atomic E-state index is 0.212. The normalized spacial score (nSPS) is 10.8. The van der Waals surface area contributed by atoms with Crippen molar-refractivity contribution in [1.29, 1.82) is 0 Å². The minimum Gasteiger partial charge on any atom is -0.494 e. The molecule has 0 saturated heterocycles. The van der Waals surface area contributed by atoms with E-state index in [0.717, 1.165) is 22.5 Å². The summed E-state index contributed by atoms with van der Waals surface area (Å²) in [6.07, 6.45) is 1.58. The highest BCUT2D eigenvalue weighted by molar-refractivity contribution is 5.87. The maximum Gasteiger partial charge on any atom is 0.222 e. The maximum atomic E-state index is 5.70. The number of benzene rings is 1. The van der Waals surface area contributed by atoms with E-state index in [0.29, 0.717) is 12.3 Å². The van der Waals surface area contributed by atoms with E-state index in [1.165, 1.54) is 0 Å². The zero-order valence-corrected chi connectivity index (χ0v) is 10.4. The van der Waals surface area contributed by atoms with Gasteiger partial charge in [-0.2, -0.15) is 4.98 Å². The van der Waals surface area contributed by atoms with Crippen molar-refractivity contribution in [2.24, 2.45) is 0 Å². The Morgan fingerprint density at radius 3 is 2.74 bits per heavy atom. The van der Waals surface area contributed by atoms with E-state index >= 15 is 0 Å². The Hall–Kier alpha value is -2.63. The van der Waals surface area contributed by atoms with Crippen molar-refractivity contribution in [3.63, 3.8) is 0 Å². The van der Waals surface area contributed by atoms with Crippen LogP contribution in [0.5, 0.6) is 5.75 Å². The van der Waals surface area contributed by atoms with Crippen molar-refractivity contribution in [3.8, 4) is 17.0 Å². The van der Waals surface area contributed by atoms with Crippen LogP contribution >= 0.6 is 0 Å². The van der Waals surface area contributed by atoms with E-state index < -0.39 is 0 Å². The third-order valence-corrected chi connectivity index (χ3v) is 2.74. The molecule has 6 nitrogen and oxygen atoms in total. The Bertz CT molecular complexity index is 705. The predicted octanol–water partition coefficient (Wildman–Crippen LogP) is 2.00. The SMILES string of the molecule is CCOc1ccc(-c2nc(N)nc3nc[nH]c23)cc1. The molecule has 2 aromatic heterocycles. The largest absolute Gasteiger partial charge is 0.494 e. The van der Waals surface area contributed by atoms with Crippen molar-refractivity contribution in [1.82, 2.24) is 19.9 Å². The van der Waals surface area contributed by atoms with Crippen molar-refractivity contribution >= 4 is 17.1 Å². The van der Waals surface area contributed by atoms with Gasteiger partial charge in [-0.25, -0.2) is 9.97 Å². The molecule has 0 aliphatic carbocycles. The van der Waals surface area contributed by atoms with E-state index in [4.69, 9.17) is 10.5 Å². The van der Waals surface area contributed by atoms with E-state index in [2.05, 4.69) is 19.9 Å². The summed E-state index contributed by atoms with van der Waals surface area (Å²) in [4.78, 5) is 15.5. The molecular formula is C13H13N5O. The van der Waals surface area contributed by atoms with E-state index in [-0.39, 0.29) is 5.95 Å². The second-order valence-corrected chi connectivity index (χ2v) is 3.99. The molecule has 96 valence electrons. The van der Waals surface area contributed by atoms with Crippen LogP contribution in [0.2, 0.25) is 0 Å². The molecule has 0 atom stereocenters. The molecule has 0 saturated carbocycles. The second-order valence-electron chi connectivity index (χ2n) is 3.99. The Morgan fingerprint density at radius 1 is 1.21 bits per heavy atom. The topological polar surface area (TPSA) is 89.7 Å². The van der Waals surface area contributed by atoms with Crippen LogP contribution in [0, 0.1) is 0 Å². The van der Waals surface area contributed by atoms with Crippen LogP contribution in [-0.2, 0) is 0 Å². The number of anilines is 1. The standard InChI is InChI=1S/C13H13N5O/c1-2-19-9-5-3-8(4-6-9)10-11-12(16-7-15-11)18-13(14)17-10/h3-7H,2H2,1H3,(H3,14,15,16,17,18). The monoisotopic (exact) mass is 255 g/mol. The van der Waals surface area contributed by atoms with Gasteiger partial charge in [0.2, 0.25) is 5.95 Å². The van der Waals surface area contributed by atoms with Gasteiger partial charge in [0.05, 0.1) is 12.9 Å². The fraction of sp³-hybridized carbons (Fsp3) is 0.154. The lowest BCUT2D eigenvalue weighted by Crippen LogP contribution is -1.98. The fourth-order valence-corrected chi connectivity index (χ4v) is 1.93. The van der Waals surface area contributed by atoms with Crippen LogP contribution in [-0.4, -0.2) is 26.5 Å². The van der Waals surface area contributed by atoms with Gasteiger partial charge in [0.15, 0.2) is 5.65 Å². The molecule has 3 rings (SSSR count). The van der Waals surface area contributed by atoms with Crippen molar-refractivity contribution in [2.45, 2.75) is 6.92 Å². The highest BCUT2D eigenvalue weighted by Crippen LogP contribution is 2.26. The number of nitrogens with one attached hydrogen (secondary N) is 1. The van der Waals surface area contributed by atoms with Gasteiger partial charge in [-0.05, 0) is 31.2 Å². The summed E-state index contributed by atoms with van der Waals surface area (Å²) in [5.41, 5.74) is 8.72. The number of imidazole rings is 1. The van der Waals surface area contributed by atoms with Crippen LogP contribution < -0.4 is 10.5 Å². The number of nitrogens with two attached hydrogens (primary N) is 1. The van der Waals surface area contributed by atoms with Crippen molar-refractivity contribution in [3.05, 3.63) is 30.6 Å². The zero-order chi connectivity index (χ0) is 13.2. The fourth-order valence-electron chi connectivity index (χ4n) is 1.93. The number of nitrogens with zero attached hydrogens (tertiary/aromatic N) is 3. The highest BCUT2D eigenvalue weighted by atomic mass is 16.5. The Balaban J connectivity index is 2.10. The van der Waals surface area contributed by atoms with E-state index in [1.54, 1.807) is 6.33 Å². The number of rotatable bonds is 3. The third kappa shape index (κ3) is 2.08. The van der Waals surface area contributed by atoms with Crippen LogP contribution in [0.15, 0.2) is 30.6 Å². The first-order chi connectivity index (χ1) is 9.28. The minimum atomic E-state index is 0.212. The molecule has 0 radical (unpaired) electrons. The summed E-state index contributed by atoms with van der Waals surface area (Å²) in [5.74, 6) is 1.04. The van der Waals surface area contributed by atoms with Crippen LogP contribution in [0.3, 0.4) is 0 Å². The van der Waals surface area contributed by atoms with E-state index in [1.807, 2.05) is 31.2 Å². The molecule has 0 fully saturated rings.